The second-order valence-corrected chi connectivity index (χ2v) is 6.99. The van der Waals surface area contributed by atoms with Crippen LogP contribution in [0.5, 0.6) is 5.75 Å². The third-order valence-corrected chi connectivity index (χ3v) is 4.69. The van der Waals surface area contributed by atoms with Crippen molar-refractivity contribution in [1.29, 1.82) is 0 Å². The molecule has 0 aliphatic heterocycles. The largest absolute Gasteiger partial charge is 0.477 e. The summed E-state index contributed by atoms with van der Waals surface area (Å²) in [6, 6.07) is 9.65. The number of nitrogens with zero attached hydrogens (tertiary/aromatic N) is 1. The van der Waals surface area contributed by atoms with Crippen LogP contribution in [0.2, 0.25) is 0 Å². The molecule has 3 rings (SSSR count). The summed E-state index contributed by atoms with van der Waals surface area (Å²) in [4.78, 5) is 15.8. The minimum atomic E-state index is -1.23. The molecule has 2 aromatic carbocycles. The number of oxazole rings is 1. The van der Waals surface area contributed by atoms with Crippen molar-refractivity contribution >= 4 is 21.8 Å². The monoisotopic (exact) mass is 462 g/mol. The van der Waals surface area contributed by atoms with E-state index < -0.39 is 29.2 Å². The number of carbonyl (C=O) groups excluding carboxylic acids is 1. The zero-order chi connectivity index (χ0) is 21.1. The minimum Gasteiger partial charge on any atom is -0.477 e. The van der Waals surface area contributed by atoms with Gasteiger partial charge in [0.15, 0.2) is 22.3 Å². The SMILES string of the molecule is C=CCC(Oc1ccc(F)c(C(N)=O)c1F)c1nc(-c2ccc(C)cc2)c(Br)o1. The summed E-state index contributed by atoms with van der Waals surface area (Å²) >= 11 is 3.34. The van der Waals surface area contributed by atoms with Gasteiger partial charge in [-0.1, -0.05) is 35.9 Å². The minimum absolute atomic E-state index is 0.164. The molecule has 0 saturated carbocycles. The number of hydrogen-bond acceptors (Lipinski definition) is 4. The summed E-state index contributed by atoms with van der Waals surface area (Å²) in [5.74, 6) is -3.67. The van der Waals surface area contributed by atoms with Crippen molar-refractivity contribution in [1.82, 2.24) is 4.98 Å². The van der Waals surface area contributed by atoms with E-state index in [2.05, 4.69) is 27.5 Å². The molecule has 150 valence electrons. The molecule has 1 unspecified atom stereocenters. The predicted molar refractivity (Wildman–Crippen MR) is 107 cm³/mol. The summed E-state index contributed by atoms with van der Waals surface area (Å²) < 4.78 is 39.9. The molecule has 3 aromatic rings. The van der Waals surface area contributed by atoms with E-state index in [4.69, 9.17) is 14.9 Å². The van der Waals surface area contributed by atoms with Gasteiger partial charge in [0.05, 0.1) is 0 Å². The molecule has 0 aliphatic carbocycles. The molecule has 0 bridgehead atoms. The third kappa shape index (κ3) is 4.37. The summed E-state index contributed by atoms with van der Waals surface area (Å²) in [5, 5.41) is 0. The number of benzene rings is 2. The molecule has 8 heteroatoms. The molecule has 0 spiro atoms. The molecular weight excluding hydrogens is 446 g/mol. The quantitative estimate of drug-likeness (QED) is 0.471. The van der Waals surface area contributed by atoms with E-state index >= 15 is 0 Å². The highest BCUT2D eigenvalue weighted by molar-refractivity contribution is 9.10. The molecule has 1 amide bonds. The molecule has 2 N–H and O–H groups in total. The second-order valence-electron chi connectivity index (χ2n) is 6.27. The number of aryl methyl sites for hydroxylation is 1. The number of rotatable bonds is 7. The number of halogens is 3. The Morgan fingerprint density at radius 2 is 2.00 bits per heavy atom. The van der Waals surface area contributed by atoms with E-state index in [-0.39, 0.29) is 18.1 Å². The Morgan fingerprint density at radius 1 is 1.31 bits per heavy atom. The lowest BCUT2D eigenvalue weighted by molar-refractivity contribution is 0.0989. The first-order valence-electron chi connectivity index (χ1n) is 8.60. The van der Waals surface area contributed by atoms with Crippen LogP contribution < -0.4 is 10.5 Å². The fourth-order valence-corrected chi connectivity index (χ4v) is 3.18. The van der Waals surface area contributed by atoms with Gasteiger partial charge in [-0.25, -0.2) is 13.8 Å². The number of carbonyl (C=O) groups is 1. The van der Waals surface area contributed by atoms with Crippen LogP contribution in [0.15, 0.2) is 58.1 Å². The summed E-state index contributed by atoms with van der Waals surface area (Å²) in [5.41, 5.74) is 6.65. The van der Waals surface area contributed by atoms with Crippen LogP contribution in [0.3, 0.4) is 0 Å². The van der Waals surface area contributed by atoms with Crippen LogP contribution in [-0.4, -0.2) is 10.9 Å². The first kappa shape index (κ1) is 20.7. The average Bonchev–Trinajstić information content (AvgIpc) is 3.05. The van der Waals surface area contributed by atoms with Crippen LogP contribution in [0, 0.1) is 18.6 Å². The maximum atomic E-state index is 14.5. The van der Waals surface area contributed by atoms with E-state index in [0.717, 1.165) is 23.3 Å². The molecule has 0 saturated heterocycles. The predicted octanol–water partition coefficient (Wildman–Crippen LogP) is 5.49. The fourth-order valence-electron chi connectivity index (χ4n) is 2.70. The first-order chi connectivity index (χ1) is 13.8. The van der Waals surface area contributed by atoms with Gasteiger partial charge < -0.3 is 14.9 Å². The molecule has 0 radical (unpaired) electrons. The Hall–Kier alpha value is -3.00. The highest BCUT2D eigenvalue weighted by Gasteiger charge is 2.25. The number of nitrogens with two attached hydrogens (primary N) is 1. The van der Waals surface area contributed by atoms with Gasteiger partial charge in [0.1, 0.15) is 17.1 Å². The maximum Gasteiger partial charge on any atom is 0.254 e. The highest BCUT2D eigenvalue weighted by Crippen LogP contribution is 2.35. The molecule has 1 atom stereocenters. The van der Waals surface area contributed by atoms with Gasteiger partial charge in [0.2, 0.25) is 5.89 Å². The Bertz CT molecular complexity index is 1060. The van der Waals surface area contributed by atoms with Crippen molar-refractivity contribution in [3.8, 4) is 17.0 Å². The van der Waals surface area contributed by atoms with E-state index in [1.54, 1.807) is 6.08 Å². The average molecular weight is 463 g/mol. The smallest absolute Gasteiger partial charge is 0.254 e. The number of primary amides is 1. The first-order valence-corrected chi connectivity index (χ1v) is 9.39. The van der Waals surface area contributed by atoms with Gasteiger partial charge in [0, 0.05) is 12.0 Å². The van der Waals surface area contributed by atoms with E-state index in [1.165, 1.54) is 0 Å². The fraction of sp³-hybridized carbons (Fsp3) is 0.143. The van der Waals surface area contributed by atoms with Crippen LogP contribution in [0.25, 0.3) is 11.3 Å². The van der Waals surface area contributed by atoms with E-state index in [9.17, 15) is 13.6 Å². The molecule has 5 nitrogen and oxygen atoms in total. The molecular formula is C21H17BrF2N2O3. The molecule has 1 aromatic heterocycles. The highest BCUT2D eigenvalue weighted by atomic mass is 79.9. The van der Waals surface area contributed by atoms with Gasteiger partial charge >= 0.3 is 0 Å². The lowest BCUT2D eigenvalue weighted by Gasteiger charge is -2.16. The molecule has 0 aliphatic rings. The molecule has 29 heavy (non-hydrogen) atoms. The summed E-state index contributed by atoms with van der Waals surface area (Å²) in [6.07, 6.45) is 0.914. The van der Waals surface area contributed by atoms with Crippen molar-refractivity contribution in [2.24, 2.45) is 5.73 Å². The van der Waals surface area contributed by atoms with Gasteiger partial charge in [0.25, 0.3) is 5.91 Å². The summed E-state index contributed by atoms with van der Waals surface area (Å²) in [7, 11) is 0. The van der Waals surface area contributed by atoms with Gasteiger partial charge in [-0.05, 0) is 35.0 Å². The van der Waals surface area contributed by atoms with E-state index in [0.29, 0.717) is 10.4 Å². The molecule has 1 heterocycles. The third-order valence-electron chi connectivity index (χ3n) is 4.15. The van der Waals surface area contributed by atoms with Crippen molar-refractivity contribution in [3.63, 3.8) is 0 Å². The normalized spacial score (nSPS) is 11.9. The van der Waals surface area contributed by atoms with Gasteiger partial charge in [-0.2, -0.15) is 0 Å². The standard InChI is InChI=1S/C21H17BrF2N2O3/c1-3-4-15(28-14-10-9-13(23)16(17(14)24)20(25)27)21-26-18(19(22)29-21)12-7-5-11(2)6-8-12/h3,5-10,15H,1,4H2,2H3,(H2,25,27). The Kier molecular flexibility index (Phi) is 6.12. The summed E-state index contributed by atoms with van der Waals surface area (Å²) in [6.45, 7) is 5.63. The lowest BCUT2D eigenvalue weighted by atomic mass is 10.1. The lowest BCUT2D eigenvalue weighted by Crippen LogP contribution is -2.17. The number of amides is 1. The Balaban J connectivity index is 1.97. The molecule has 0 fully saturated rings. The maximum absolute atomic E-state index is 14.5. The Labute approximate surface area is 174 Å². The van der Waals surface area contributed by atoms with Crippen molar-refractivity contribution in [2.45, 2.75) is 19.4 Å². The zero-order valence-corrected chi connectivity index (χ0v) is 17.0. The number of aromatic nitrogens is 1. The van der Waals surface area contributed by atoms with Crippen molar-refractivity contribution in [3.05, 3.63) is 82.4 Å². The van der Waals surface area contributed by atoms with Gasteiger partial charge in [-0.3, -0.25) is 4.79 Å². The topological polar surface area (TPSA) is 78.4 Å². The second kappa shape index (κ2) is 8.57. The van der Waals surface area contributed by atoms with E-state index in [1.807, 2.05) is 31.2 Å². The zero-order valence-electron chi connectivity index (χ0n) is 15.4. The Morgan fingerprint density at radius 3 is 2.62 bits per heavy atom. The van der Waals surface area contributed by atoms with Crippen LogP contribution >= 0.6 is 15.9 Å². The van der Waals surface area contributed by atoms with Gasteiger partial charge in [-0.15, -0.1) is 6.58 Å². The van der Waals surface area contributed by atoms with Crippen LogP contribution in [0.1, 0.15) is 34.3 Å². The van der Waals surface area contributed by atoms with Crippen LogP contribution in [-0.2, 0) is 0 Å². The number of ether oxygens (including phenoxy) is 1. The van der Waals surface area contributed by atoms with Crippen molar-refractivity contribution < 1.29 is 22.7 Å². The van der Waals surface area contributed by atoms with Crippen molar-refractivity contribution in [2.75, 3.05) is 0 Å². The number of hydrogen-bond donors (Lipinski definition) is 1. The van der Waals surface area contributed by atoms with Crippen LogP contribution in [0.4, 0.5) is 8.78 Å².